The number of aliphatic carboxylic acids is 1. The molecule has 1 unspecified atom stereocenters. The van der Waals surface area contributed by atoms with Crippen LogP contribution in [0.2, 0.25) is 0 Å². The monoisotopic (exact) mass is 293 g/mol. The van der Waals surface area contributed by atoms with Crippen molar-refractivity contribution in [1.29, 1.82) is 0 Å². The van der Waals surface area contributed by atoms with Crippen LogP contribution in [0.5, 0.6) is 0 Å². The Morgan fingerprint density at radius 2 is 2.10 bits per heavy atom. The molecular weight excluding hydrogens is 270 g/mol. The second-order valence-electron chi connectivity index (χ2n) is 6.20. The van der Waals surface area contributed by atoms with Gasteiger partial charge in [-0.3, -0.25) is 9.69 Å². The molecule has 1 aliphatic rings. The maximum atomic E-state index is 10.9. The lowest BCUT2D eigenvalue weighted by molar-refractivity contribution is -0.137. The van der Waals surface area contributed by atoms with E-state index in [9.17, 15) is 4.79 Å². The van der Waals surface area contributed by atoms with Crippen molar-refractivity contribution in [2.24, 2.45) is 0 Å². The highest BCUT2D eigenvalue weighted by molar-refractivity contribution is 7.99. The Bertz CT molecular complexity index is 482. The van der Waals surface area contributed by atoms with Crippen LogP contribution in [0.4, 0.5) is 0 Å². The van der Waals surface area contributed by atoms with Crippen LogP contribution < -0.4 is 0 Å². The zero-order chi connectivity index (χ0) is 14.8. The first kappa shape index (κ1) is 15.4. The quantitative estimate of drug-likeness (QED) is 0.916. The summed E-state index contributed by atoms with van der Waals surface area (Å²) in [5.41, 5.74) is 1.32. The van der Waals surface area contributed by atoms with E-state index in [1.807, 2.05) is 11.8 Å². The Morgan fingerprint density at radius 1 is 1.40 bits per heavy atom. The number of carboxylic acids is 1. The molecule has 0 fully saturated rings. The number of fused-ring (bicyclic) bond motifs is 1. The molecule has 110 valence electrons. The molecule has 0 saturated carbocycles. The molecule has 0 radical (unpaired) electrons. The van der Waals surface area contributed by atoms with Crippen molar-refractivity contribution in [1.82, 2.24) is 4.90 Å². The molecule has 0 amide bonds. The number of hydrogen-bond acceptors (Lipinski definition) is 3. The summed E-state index contributed by atoms with van der Waals surface area (Å²) in [7, 11) is 0. The zero-order valence-electron chi connectivity index (χ0n) is 12.4. The zero-order valence-corrected chi connectivity index (χ0v) is 13.2. The normalized spacial score (nSPS) is 18.9. The molecule has 1 aromatic carbocycles. The van der Waals surface area contributed by atoms with Gasteiger partial charge in [0.1, 0.15) is 0 Å². The van der Waals surface area contributed by atoms with E-state index in [0.717, 1.165) is 12.2 Å². The van der Waals surface area contributed by atoms with Crippen LogP contribution in [0, 0.1) is 0 Å². The fourth-order valence-electron chi connectivity index (χ4n) is 2.82. The summed E-state index contributed by atoms with van der Waals surface area (Å²) in [5.74, 6) is 0.374. The van der Waals surface area contributed by atoms with Gasteiger partial charge in [0, 0.05) is 23.0 Å². The smallest absolute Gasteiger partial charge is 0.304 e. The maximum Gasteiger partial charge on any atom is 0.304 e. The largest absolute Gasteiger partial charge is 0.481 e. The number of nitrogens with zero attached hydrogens (tertiary/aromatic N) is 1. The van der Waals surface area contributed by atoms with Gasteiger partial charge in [-0.2, -0.15) is 0 Å². The molecule has 0 aliphatic carbocycles. The minimum absolute atomic E-state index is 0.0325. The molecule has 1 atom stereocenters. The molecule has 0 saturated heterocycles. The predicted molar refractivity (Wildman–Crippen MR) is 83.2 cm³/mol. The van der Waals surface area contributed by atoms with Crippen molar-refractivity contribution < 1.29 is 9.90 Å². The van der Waals surface area contributed by atoms with Crippen molar-refractivity contribution in [3.63, 3.8) is 0 Å². The highest BCUT2D eigenvalue weighted by atomic mass is 32.2. The van der Waals surface area contributed by atoms with Crippen molar-refractivity contribution in [2.45, 2.75) is 50.1 Å². The van der Waals surface area contributed by atoms with Crippen molar-refractivity contribution in [3.8, 4) is 0 Å². The van der Waals surface area contributed by atoms with Crippen molar-refractivity contribution >= 4 is 17.7 Å². The van der Waals surface area contributed by atoms with Gasteiger partial charge in [-0.15, -0.1) is 11.8 Å². The Labute approximate surface area is 125 Å². The number of rotatable bonds is 4. The van der Waals surface area contributed by atoms with Gasteiger partial charge in [0.05, 0.1) is 6.42 Å². The number of benzene rings is 1. The Hall–Kier alpha value is -1.00. The van der Waals surface area contributed by atoms with Gasteiger partial charge in [0.15, 0.2) is 0 Å². The summed E-state index contributed by atoms with van der Waals surface area (Å²) in [5, 5.41) is 8.99. The van der Waals surface area contributed by atoms with Gasteiger partial charge in [0.25, 0.3) is 0 Å². The molecule has 0 spiro atoms. The third kappa shape index (κ3) is 3.55. The standard InChI is InChI=1S/C16H23NO2S/c1-16(2,3)17(10-8-15(18)19)13-9-11-20-14-7-5-4-6-12(13)14/h4-7,13H,8-11H2,1-3H3,(H,18,19). The molecule has 3 nitrogen and oxygen atoms in total. The topological polar surface area (TPSA) is 40.5 Å². The molecule has 1 N–H and O–H groups in total. The van der Waals surface area contributed by atoms with Crippen molar-refractivity contribution in [3.05, 3.63) is 29.8 Å². The number of hydrogen-bond donors (Lipinski definition) is 1. The minimum Gasteiger partial charge on any atom is -0.481 e. The van der Waals surface area contributed by atoms with E-state index in [4.69, 9.17) is 5.11 Å². The van der Waals surface area contributed by atoms with E-state index < -0.39 is 5.97 Å². The van der Waals surface area contributed by atoms with Gasteiger partial charge >= 0.3 is 5.97 Å². The fraction of sp³-hybridized carbons (Fsp3) is 0.562. The molecule has 20 heavy (non-hydrogen) atoms. The van der Waals surface area contributed by atoms with Crippen LogP contribution in [0.25, 0.3) is 0 Å². The summed E-state index contributed by atoms with van der Waals surface area (Å²) >= 11 is 1.90. The Kier molecular flexibility index (Phi) is 4.76. The van der Waals surface area contributed by atoms with E-state index in [2.05, 4.69) is 49.9 Å². The summed E-state index contributed by atoms with van der Waals surface area (Å²) in [6.07, 6.45) is 1.28. The molecule has 4 heteroatoms. The molecule has 0 bridgehead atoms. The lowest BCUT2D eigenvalue weighted by Gasteiger charge is -2.43. The lowest BCUT2D eigenvalue weighted by atomic mass is 9.95. The van der Waals surface area contributed by atoms with Gasteiger partial charge in [-0.25, -0.2) is 0 Å². The number of carboxylic acid groups (broad SMARTS) is 1. The van der Waals surface area contributed by atoms with E-state index in [0.29, 0.717) is 12.6 Å². The predicted octanol–water partition coefficient (Wildman–Crippen LogP) is 3.80. The van der Waals surface area contributed by atoms with Gasteiger partial charge in [-0.1, -0.05) is 18.2 Å². The van der Waals surface area contributed by atoms with Crippen LogP contribution in [0.3, 0.4) is 0 Å². The molecule has 1 aliphatic heterocycles. The molecule has 0 aromatic heterocycles. The minimum atomic E-state index is -0.724. The van der Waals surface area contributed by atoms with Gasteiger partial charge < -0.3 is 5.11 Å². The first-order valence-corrected chi connectivity index (χ1v) is 8.08. The summed E-state index contributed by atoms with van der Waals surface area (Å²) in [4.78, 5) is 14.6. The van der Waals surface area contributed by atoms with Gasteiger partial charge in [-0.05, 0) is 44.6 Å². The summed E-state index contributed by atoms with van der Waals surface area (Å²) < 4.78 is 0. The Balaban J connectivity index is 2.28. The average molecular weight is 293 g/mol. The van der Waals surface area contributed by atoms with E-state index in [1.54, 1.807) is 0 Å². The molecule has 2 rings (SSSR count). The van der Waals surface area contributed by atoms with E-state index >= 15 is 0 Å². The van der Waals surface area contributed by atoms with E-state index in [1.165, 1.54) is 10.5 Å². The van der Waals surface area contributed by atoms with Gasteiger partial charge in [0.2, 0.25) is 0 Å². The third-order valence-corrected chi connectivity index (χ3v) is 4.85. The summed E-state index contributed by atoms with van der Waals surface area (Å²) in [6.45, 7) is 7.10. The maximum absolute atomic E-state index is 10.9. The highest BCUT2D eigenvalue weighted by Crippen LogP contribution is 2.41. The van der Waals surface area contributed by atoms with Crippen LogP contribution >= 0.6 is 11.8 Å². The lowest BCUT2D eigenvalue weighted by Crippen LogP contribution is -2.45. The van der Waals surface area contributed by atoms with Crippen molar-refractivity contribution in [2.75, 3.05) is 12.3 Å². The first-order chi connectivity index (χ1) is 9.39. The molecule has 1 heterocycles. The van der Waals surface area contributed by atoms with Crippen LogP contribution in [-0.4, -0.2) is 33.8 Å². The Morgan fingerprint density at radius 3 is 2.75 bits per heavy atom. The summed E-state index contributed by atoms with van der Waals surface area (Å²) in [6, 6.07) is 8.84. The number of thioether (sulfide) groups is 1. The third-order valence-electron chi connectivity index (χ3n) is 3.73. The van der Waals surface area contributed by atoms with Crippen LogP contribution in [-0.2, 0) is 4.79 Å². The molecule has 1 aromatic rings. The second-order valence-corrected chi connectivity index (χ2v) is 7.34. The molecular formula is C16H23NO2S. The first-order valence-electron chi connectivity index (χ1n) is 7.10. The fourth-order valence-corrected chi connectivity index (χ4v) is 3.93. The number of carbonyl (C=O) groups is 1. The highest BCUT2D eigenvalue weighted by Gasteiger charge is 2.32. The van der Waals surface area contributed by atoms with E-state index in [-0.39, 0.29) is 12.0 Å². The SMILES string of the molecule is CC(C)(C)N(CCC(=O)O)C1CCSc2ccccc21. The van der Waals surface area contributed by atoms with Crippen LogP contribution in [0.15, 0.2) is 29.2 Å². The average Bonchev–Trinajstić information content (AvgIpc) is 2.37. The van der Waals surface area contributed by atoms with Crippen LogP contribution in [0.1, 0.15) is 45.2 Å². The second kappa shape index (κ2) is 6.19.